The second-order valence-electron chi connectivity index (χ2n) is 2.29. The maximum Gasteiger partial charge on any atom is 0.509 e. The first-order chi connectivity index (χ1) is 4.63. The van der Waals surface area contributed by atoms with Crippen LogP contribution in [0.15, 0.2) is 11.4 Å². The predicted molar refractivity (Wildman–Crippen MR) is 36.6 cm³/mol. The molecule has 56 valence electrons. The molecule has 0 unspecified atom stereocenters. The molecule has 10 heavy (non-hydrogen) atoms. The Kier molecular flexibility index (Phi) is 1.87. The van der Waals surface area contributed by atoms with E-state index in [1.54, 1.807) is 18.9 Å². The molecule has 0 atom stereocenters. The molecule has 4 nitrogen and oxygen atoms in total. The van der Waals surface area contributed by atoms with Crippen molar-refractivity contribution in [3.05, 3.63) is 11.4 Å². The van der Waals surface area contributed by atoms with E-state index >= 15 is 0 Å². The van der Waals surface area contributed by atoms with E-state index in [4.69, 9.17) is 14.8 Å². The van der Waals surface area contributed by atoms with Crippen molar-refractivity contribution < 1.29 is 14.8 Å². The summed E-state index contributed by atoms with van der Waals surface area (Å²) in [5.74, 6) is 0.581. The molecule has 0 saturated carbocycles. The highest BCUT2D eigenvalue weighted by molar-refractivity contribution is 6.50. The van der Waals surface area contributed by atoms with Gasteiger partial charge in [0.05, 0.1) is 5.60 Å². The van der Waals surface area contributed by atoms with Crippen molar-refractivity contribution >= 4 is 7.12 Å². The van der Waals surface area contributed by atoms with E-state index in [2.05, 4.69) is 0 Å². The summed E-state index contributed by atoms with van der Waals surface area (Å²) >= 11 is 0. The molecular formula is C5H10BNO3. The average Bonchev–Trinajstić information content (AvgIpc) is 2.11. The first kappa shape index (κ1) is 7.43. The Bertz CT molecular complexity index is 168. The first-order valence-corrected chi connectivity index (χ1v) is 3.03. The summed E-state index contributed by atoms with van der Waals surface area (Å²) in [6, 6.07) is 0. The van der Waals surface area contributed by atoms with Gasteiger partial charge in [-0.25, -0.2) is 0 Å². The molecule has 0 aromatic carbocycles. The lowest BCUT2D eigenvalue weighted by molar-refractivity contribution is 0.168. The van der Waals surface area contributed by atoms with Crippen LogP contribution in [0.5, 0.6) is 0 Å². The lowest BCUT2D eigenvalue weighted by atomic mass is 9.84. The molecule has 1 rings (SSSR count). The smallest absolute Gasteiger partial charge is 0.477 e. The normalized spacial score (nSPS) is 17.8. The minimum atomic E-state index is -1.42. The molecule has 1 heterocycles. The molecule has 0 bridgehead atoms. The third-order valence-corrected chi connectivity index (χ3v) is 1.49. The van der Waals surface area contributed by atoms with Gasteiger partial charge in [-0.05, 0) is 6.92 Å². The van der Waals surface area contributed by atoms with Crippen LogP contribution < -0.4 is 0 Å². The Morgan fingerprint density at radius 1 is 1.60 bits per heavy atom. The van der Waals surface area contributed by atoms with Crippen LogP contribution in [0.4, 0.5) is 0 Å². The fraction of sp³-hybridized carbons (Fsp3) is 0.600. The molecule has 0 aliphatic carbocycles. The number of nitrogens with zero attached hydrogens (tertiary/aromatic N) is 1. The second kappa shape index (κ2) is 2.52. The predicted octanol–water partition coefficient (Wildman–Crippen LogP) is -0.851. The van der Waals surface area contributed by atoms with E-state index in [-0.39, 0.29) is 0 Å². The number of rotatable bonds is 1. The summed E-state index contributed by atoms with van der Waals surface area (Å²) in [4.78, 5) is 1.65. The van der Waals surface area contributed by atoms with Crippen molar-refractivity contribution in [2.24, 2.45) is 0 Å². The summed E-state index contributed by atoms with van der Waals surface area (Å²) < 4.78 is 5.02. The third-order valence-electron chi connectivity index (χ3n) is 1.49. The van der Waals surface area contributed by atoms with Gasteiger partial charge in [0, 0.05) is 7.05 Å². The van der Waals surface area contributed by atoms with Crippen LogP contribution in [0, 0.1) is 0 Å². The van der Waals surface area contributed by atoms with E-state index in [0.717, 1.165) is 0 Å². The highest BCUT2D eigenvalue weighted by atomic mass is 16.5. The van der Waals surface area contributed by atoms with Crippen LogP contribution >= 0.6 is 0 Å². The Labute approximate surface area is 59.9 Å². The van der Waals surface area contributed by atoms with Crippen molar-refractivity contribution in [3.8, 4) is 0 Å². The highest BCUT2D eigenvalue weighted by Crippen LogP contribution is 2.17. The molecule has 0 spiro atoms. The van der Waals surface area contributed by atoms with Gasteiger partial charge in [0.25, 0.3) is 0 Å². The maximum atomic E-state index is 8.77. The maximum absolute atomic E-state index is 8.77. The fourth-order valence-corrected chi connectivity index (χ4v) is 0.985. The summed E-state index contributed by atoms with van der Waals surface area (Å²) in [5, 5.41) is 17.5. The molecule has 0 fully saturated rings. The monoisotopic (exact) mass is 143 g/mol. The van der Waals surface area contributed by atoms with Gasteiger partial charge in [-0.1, -0.05) is 0 Å². The van der Waals surface area contributed by atoms with Gasteiger partial charge < -0.3 is 19.7 Å². The Hall–Kier alpha value is -0.675. The van der Waals surface area contributed by atoms with E-state index in [0.29, 0.717) is 18.1 Å². The van der Waals surface area contributed by atoms with Crippen molar-refractivity contribution in [2.45, 2.75) is 6.92 Å². The zero-order chi connectivity index (χ0) is 7.72. The summed E-state index contributed by atoms with van der Waals surface area (Å²) in [5.41, 5.74) is 0.444. The van der Waals surface area contributed by atoms with Crippen LogP contribution in [-0.4, -0.2) is 35.8 Å². The van der Waals surface area contributed by atoms with Crippen molar-refractivity contribution in [1.82, 2.24) is 4.90 Å². The average molecular weight is 143 g/mol. The molecule has 0 aromatic rings. The number of hydrogen-bond donors (Lipinski definition) is 2. The fourth-order valence-electron chi connectivity index (χ4n) is 0.985. The van der Waals surface area contributed by atoms with Crippen molar-refractivity contribution in [3.63, 3.8) is 0 Å². The van der Waals surface area contributed by atoms with Gasteiger partial charge in [0.1, 0.15) is 5.76 Å². The van der Waals surface area contributed by atoms with Gasteiger partial charge in [-0.15, -0.1) is 0 Å². The molecule has 1 aliphatic heterocycles. The molecule has 0 saturated heterocycles. The Balaban J connectivity index is 2.78. The van der Waals surface area contributed by atoms with Crippen LogP contribution in [0.2, 0.25) is 0 Å². The van der Waals surface area contributed by atoms with E-state index in [1.807, 2.05) is 0 Å². The molecule has 0 radical (unpaired) electrons. The zero-order valence-corrected chi connectivity index (χ0v) is 6.03. The van der Waals surface area contributed by atoms with E-state index in [9.17, 15) is 0 Å². The lowest BCUT2D eigenvalue weighted by Crippen LogP contribution is -2.27. The quantitative estimate of drug-likeness (QED) is 0.469. The Morgan fingerprint density at radius 3 is 2.40 bits per heavy atom. The molecule has 5 heteroatoms. The topological polar surface area (TPSA) is 52.9 Å². The standard InChI is InChI=1S/C5H10BNO3/c1-4-5(6(8)9)7(2)3-10-4/h8-9H,3H2,1-2H3. The van der Waals surface area contributed by atoms with E-state index < -0.39 is 7.12 Å². The van der Waals surface area contributed by atoms with Crippen LogP contribution in [0.25, 0.3) is 0 Å². The van der Waals surface area contributed by atoms with Gasteiger partial charge in [-0.3, -0.25) is 0 Å². The van der Waals surface area contributed by atoms with E-state index in [1.165, 1.54) is 0 Å². The highest BCUT2D eigenvalue weighted by Gasteiger charge is 2.27. The minimum Gasteiger partial charge on any atom is -0.477 e. The Morgan fingerprint density at radius 2 is 2.20 bits per heavy atom. The first-order valence-electron chi connectivity index (χ1n) is 3.03. The second-order valence-corrected chi connectivity index (χ2v) is 2.29. The third kappa shape index (κ3) is 1.10. The SMILES string of the molecule is CC1=C(B(O)O)N(C)CO1. The summed E-state index contributed by atoms with van der Waals surface area (Å²) in [6.07, 6.45) is 0. The van der Waals surface area contributed by atoms with Crippen molar-refractivity contribution in [1.29, 1.82) is 0 Å². The van der Waals surface area contributed by atoms with Crippen molar-refractivity contribution in [2.75, 3.05) is 13.8 Å². The summed E-state index contributed by atoms with van der Waals surface area (Å²) in [7, 11) is 0.318. The largest absolute Gasteiger partial charge is 0.509 e. The van der Waals surface area contributed by atoms with Crippen LogP contribution in [0.3, 0.4) is 0 Å². The van der Waals surface area contributed by atoms with Crippen LogP contribution in [0.1, 0.15) is 6.92 Å². The molecule has 1 aliphatic rings. The molecular weight excluding hydrogens is 133 g/mol. The molecule has 0 amide bonds. The van der Waals surface area contributed by atoms with Gasteiger partial charge in [0.15, 0.2) is 6.73 Å². The van der Waals surface area contributed by atoms with Gasteiger partial charge >= 0.3 is 7.12 Å². The number of hydrogen-bond acceptors (Lipinski definition) is 4. The lowest BCUT2D eigenvalue weighted by Gasteiger charge is -2.11. The molecule has 2 N–H and O–H groups in total. The number of allylic oxidation sites excluding steroid dienone is 1. The van der Waals surface area contributed by atoms with Gasteiger partial charge in [-0.2, -0.15) is 0 Å². The molecule has 0 aromatic heterocycles. The van der Waals surface area contributed by atoms with Crippen LogP contribution in [-0.2, 0) is 4.74 Å². The zero-order valence-electron chi connectivity index (χ0n) is 6.03. The van der Waals surface area contributed by atoms with Gasteiger partial charge in [0.2, 0.25) is 0 Å². The number of ether oxygens (including phenoxy) is 1. The summed E-state index contributed by atoms with van der Waals surface area (Å²) in [6.45, 7) is 2.11. The minimum absolute atomic E-state index is 0.402.